The Hall–Kier alpha value is -3.16. The third-order valence-electron chi connectivity index (χ3n) is 5.43. The standard InChI is InChI=1S/C27H24Si/c1-22(2)23-18-20-27(21-19-23)28(24-12-6-3-7-13-24,25-14-8-4-9-15-25)26-16-10-5-11-17-26/h3-21H,1H2,2H3. The highest BCUT2D eigenvalue weighted by atomic mass is 28.3. The molecule has 0 amide bonds. The molecule has 0 heterocycles. The molecule has 0 saturated carbocycles. The quantitative estimate of drug-likeness (QED) is 0.363. The molecular formula is C27H24Si. The average Bonchev–Trinajstić information content (AvgIpc) is 2.77. The second-order valence-corrected chi connectivity index (χ2v) is 11.0. The van der Waals surface area contributed by atoms with Crippen LogP contribution >= 0.6 is 0 Å². The summed E-state index contributed by atoms with van der Waals surface area (Å²) in [6.45, 7) is 6.16. The van der Waals surface area contributed by atoms with E-state index < -0.39 is 8.07 Å². The summed E-state index contributed by atoms with van der Waals surface area (Å²) in [5, 5.41) is 5.59. The molecule has 0 radical (unpaired) electrons. The average molecular weight is 377 g/mol. The van der Waals surface area contributed by atoms with Gasteiger partial charge in [-0.1, -0.05) is 127 Å². The Kier molecular flexibility index (Phi) is 5.10. The van der Waals surface area contributed by atoms with E-state index in [4.69, 9.17) is 0 Å². The summed E-state index contributed by atoms with van der Waals surface area (Å²) in [7, 11) is -2.39. The zero-order valence-corrected chi connectivity index (χ0v) is 17.2. The van der Waals surface area contributed by atoms with E-state index in [1.54, 1.807) is 0 Å². The Labute approximate surface area is 168 Å². The molecule has 0 nitrogen and oxygen atoms in total. The van der Waals surface area contributed by atoms with Crippen LogP contribution in [0.5, 0.6) is 0 Å². The van der Waals surface area contributed by atoms with E-state index in [2.05, 4.69) is 129 Å². The highest BCUT2D eigenvalue weighted by Gasteiger charge is 2.41. The molecule has 1 heteroatoms. The van der Waals surface area contributed by atoms with Crippen LogP contribution in [0.15, 0.2) is 122 Å². The van der Waals surface area contributed by atoms with E-state index in [0.717, 1.165) is 5.57 Å². The molecule has 0 saturated heterocycles. The van der Waals surface area contributed by atoms with Crippen molar-refractivity contribution in [1.29, 1.82) is 0 Å². The van der Waals surface area contributed by atoms with Crippen molar-refractivity contribution in [3.8, 4) is 0 Å². The summed E-state index contributed by atoms with van der Waals surface area (Å²) < 4.78 is 0. The molecule has 0 unspecified atom stereocenters. The van der Waals surface area contributed by atoms with Gasteiger partial charge >= 0.3 is 0 Å². The predicted octanol–water partition coefficient (Wildman–Crippen LogP) is 4.10. The van der Waals surface area contributed by atoms with Gasteiger partial charge < -0.3 is 0 Å². The van der Waals surface area contributed by atoms with Crippen molar-refractivity contribution in [2.24, 2.45) is 0 Å². The van der Waals surface area contributed by atoms with Crippen molar-refractivity contribution in [3.05, 3.63) is 127 Å². The smallest absolute Gasteiger partial charge is 0.0955 e. The van der Waals surface area contributed by atoms with Gasteiger partial charge in [0, 0.05) is 0 Å². The van der Waals surface area contributed by atoms with E-state index >= 15 is 0 Å². The maximum Gasteiger partial charge on any atom is 0.179 e. The van der Waals surface area contributed by atoms with Crippen LogP contribution in [0.25, 0.3) is 5.57 Å². The highest BCUT2D eigenvalue weighted by molar-refractivity contribution is 7.19. The second-order valence-electron chi connectivity index (χ2n) is 7.21. The minimum atomic E-state index is -2.39. The van der Waals surface area contributed by atoms with Gasteiger partial charge in [-0.25, -0.2) is 0 Å². The summed E-state index contributed by atoms with van der Waals surface area (Å²) >= 11 is 0. The number of benzene rings is 4. The molecule has 0 fully saturated rings. The lowest BCUT2D eigenvalue weighted by Crippen LogP contribution is -2.74. The molecule has 4 aromatic rings. The molecule has 0 aliphatic heterocycles. The molecule has 0 aliphatic rings. The summed E-state index contributed by atoms with van der Waals surface area (Å²) in [6, 6.07) is 42.0. The first kappa shape index (κ1) is 18.2. The third-order valence-corrected chi connectivity index (χ3v) is 10.2. The van der Waals surface area contributed by atoms with Crippen LogP contribution < -0.4 is 20.7 Å². The van der Waals surface area contributed by atoms with E-state index in [1.807, 2.05) is 0 Å². The fourth-order valence-electron chi connectivity index (χ4n) is 4.07. The fourth-order valence-corrected chi connectivity index (χ4v) is 8.81. The van der Waals surface area contributed by atoms with E-state index in [-0.39, 0.29) is 0 Å². The number of allylic oxidation sites excluding steroid dienone is 1. The van der Waals surface area contributed by atoms with Crippen molar-refractivity contribution < 1.29 is 0 Å². The van der Waals surface area contributed by atoms with Gasteiger partial charge in [0.25, 0.3) is 0 Å². The van der Waals surface area contributed by atoms with Crippen LogP contribution in [0.1, 0.15) is 12.5 Å². The van der Waals surface area contributed by atoms with Gasteiger partial charge in [0.1, 0.15) is 0 Å². The van der Waals surface area contributed by atoms with E-state index in [9.17, 15) is 0 Å². The zero-order valence-electron chi connectivity index (χ0n) is 16.2. The zero-order chi connectivity index (χ0) is 19.4. The summed E-state index contributed by atoms with van der Waals surface area (Å²) in [4.78, 5) is 0. The maximum atomic E-state index is 4.10. The lowest BCUT2D eigenvalue weighted by Gasteiger charge is -2.34. The van der Waals surface area contributed by atoms with E-state index in [0.29, 0.717) is 0 Å². The molecule has 0 N–H and O–H groups in total. The topological polar surface area (TPSA) is 0 Å². The van der Waals surface area contributed by atoms with Crippen molar-refractivity contribution in [2.75, 3.05) is 0 Å². The fraction of sp³-hybridized carbons (Fsp3) is 0.0370. The van der Waals surface area contributed by atoms with Crippen LogP contribution in [0, 0.1) is 0 Å². The number of hydrogen-bond acceptors (Lipinski definition) is 0. The number of hydrogen-bond donors (Lipinski definition) is 0. The van der Waals surface area contributed by atoms with Crippen LogP contribution in [0.2, 0.25) is 0 Å². The normalized spacial score (nSPS) is 11.2. The van der Waals surface area contributed by atoms with Crippen LogP contribution in [-0.2, 0) is 0 Å². The lowest BCUT2D eigenvalue weighted by molar-refractivity contribution is 1.59. The van der Waals surface area contributed by atoms with Gasteiger partial charge in [-0.15, -0.1) is 0 Å². The SMILES string of the molecule is C=C(C)c1ccc([Si](c2ccccc2)(c2ccccc2)c2ccccc2)cc1. The summed E-state index contributed by atoms with van der Waals surface area (Å²) in [6.07, 6.45) is 0. The van der Waals surface area contributed by atoms with Crippen LogP contribution in [0.3, 0.4) is 0 Å². The lowest BCUT2D eigenvalue weighted by atomic mass is 10.1. The highest BCUT2D eigenvalue weighted by Crippen LogP contribution is 2.13. The predicted molar refractivity (Wildman–Crippen MR) is 125 cm³/mol. The first-order chi connectivity index (χ1) is 13.7. The van der Waals surface area contributed by atoms with E-state index in [1.165, 1.54) is 26.3 Å². The molecule has 0 spiro atoms. The minimum Gasteiger partial charge on any atom is -0.0955 e. The van der Waals surface area contributed by atoms with Crippen molar-refractivity contribution >= 4 is 34.4 Å². The van der Waals surface area contributed by atoms with Crippen LogP contribution in [0.4, 0.5) is 0 Å². The first-order valence-corrected chi connectivity index (χ1v) is 11.7. The number of rotatable bonds is 5. The molecule has 4 aromatic carbocycles. The molecule has 0 atom stereocenters. The van der Waals surface area contributed by atoms with Gasteiger partial charge in [-0.3, -0.25) is 0 Å². The van der Waals surface area contributed by atoms with Crippen LogP contribution in [-0.4, -0.2) is 8.07 Å². The second kappa shape index (κ2) is 7.83. The Morgan fingerprint density at radius 1 is 0.500 bits per heavy atom. The molecule has 136 valence electrons. The van der Waals surface area contributed by atoms with Crippen molar-refractivity contribution in [1.82, 2.24) is 0 Å². The van der Waals surface area contributed by atoms with Gasteiger partial charge in [0.05, 0.1) is 0 Å². The maximum absolute atomic E-state index is 4.10. The van der Waals surface area contributed by atoms with Gasteiger partial charge in [-0.2, -0.15) is 0 Å². The Bertz CT molecular complexity index is 953. The largest absolute Gasteiger partial charge is 0.179 e. The van der Waals surface area contributed by atoms with Gasteiger partial charge in [-0.05, 0) is 33.2 Å². The minimum absolute atomic E-state index is 1.10. The monoisotopic (exact) mass is 376 g/mol. The Balaban J connectivity index is 2.08. The van der Waals surface area contributed by atoms with Gasteiger partial charge in [0.15, 0.2) is 8.07 Å². The van der Waals surface area contributed by atoms with Gasteiger partial charge in [0.2, 0.25) is 0 Å². The Morgan fingerprint density at radius 3 is 1.14 bits per heavy atom. The first-order valence-electron chi connectivity index (χ1n) is 9.66. The molecule has 0 aromatic heterocycles. The van der Waals surface area contributed by atoms with Crippen molar-refractivity contribution in [3.63, 3.8) is 0 Å². The Morgan fingerprint density at radius 2 is 0.821 bits per heavy atom. The molecule has 4 rings (SSSR count). The summed E-state index contributed by atoms with van der Waals surface area (Å²) in [5.41, 5.74) is 2.29. The molecule has 0 bridgehead atoms. The molecular weight excluding hydrogens is 352 g/mol. The summed E-state index contributed by atoms with van der Waals surface area (Å²) in [5.74, 6) is 0. The molecule has 0 aliphatic carbocycles. The third kappa shape index (κ3) is 3.15. The van der Waals surface area contributed by atoms with Crippen molar-refractivity contribution in [2.45, 2.75) is 6.92 Å². The molecule has 28 heavy (non-hydrogen) atoms.